The molecule has 0 unspecified atom stereocenters. The van der Waals surface area contributed by atoms with Gasteiger partial charge in [0.2, 0.25) is 0 Å². The van der Waals surface area contributed by atoms with Crippen LogP contribution in [0.4, 0.5) is 6.18 Å². The fourth-order valence-electron chi connectivity index (χ4n) is 0.939. The first kappa shape index (κ1) is 23.6. The maximum atomic E-state index is 10.5. The average Bonchev–Trinajstić information content (AvgIpc) is 2.32. The van der Waals surface area contributed by atoms with Gasteiger partial charge >= 0.3 is 26.4 Å². The van der Waals surface area contributed by atoms with Gasteiger partial charge in [0.1, 0.15) is 0 Å². The Labute approximate surface area is 125 Å². The minimum atomic E-state index is -2.50. The second kappa shape index (κ2) is 22.7. The average molecular weight is 314 g/mol. The van der Waals surface area contributed by atoms with E-state index in [1.165, 1.54) is 0 Å². The summed E-state index contributed by atoms with van der Waals surface area (Å²) in [7, 11) is 0. The van der Waals surface area contributed by atoms with Crippen molar-refractivity contribution in [2.75, 3.05) is 13.1 Å². The van der Waals surface area contributed by atoms with Crippen LogP contribution in [-0.4, -0.2) is 24.9 Å². The molecule has 0 aliphatic rings. The van der Waals surface area contributed by atoms with E-state index >= 15 is 0 Å². The van der Waals surface area contributed by atoms with Gasteiger partial charge in [-0.05, 0) is 12.8 Å². The van der Waals surface area contributed by atoms with Crippen molar-refractivity contribution in [3.05, 3.63) is 10.6 Å². The van der Waals surface area contributed by atoms with E-state index < -0.39 is 20.2 Å². The summed E-state index contributed by atoms with van der Waals surface area (Å²) in [6.07, 6.45) is 3.02. The third-order valence-corrected chi connectivity index (χ3v) is 1.60. The van der Waals surface area contributed by atoms with Gasteiger partial charge in [0.25, 0.3) is 0 Å². The summed E-state index contributed by atoms with van der Waals surface area (Å²) in [6, 6.07) is 0. The molecular formula is C12H24F2N2O2Ti-2. The number of amides is 2. The molecule has 0 spiro atoms. The van der Waals surface area contributed by atoms with Crippen molar-refractivity contribution in [2.24, 2.45) is 0 Å². The molecule has 0 heterocycles. The molecule has 0 saturated carbocycles. The SMILES string of the molecule is CCCC(=O)[N-]CC.CCCC(=O)[N-]CC.[F][Ti][F]. The molecule has 19 heavy (non-hydrogen) atoms. The summed E-state index contributed by atoms with van der Waals surface area (Å²) in [5, 5.41) is 7.35. The van der Waals surface area contributed by atoms with Gasteiger partial charge in [-0.2, -0.15) is 0 Å². The fraction of sp³-hybridized carbons (Fsp3) is 0.833. The van der Waals surface area contributed by atoms with Gasteiger partial charge < -0.3 is 20.2 Å². The molecule has 0 rings (SSSR count). The molecule has 114 valence electrons. The Morgan fingerprint density at radius 2 is 1.11 bits per heavy atom. The number of nitrogens with zero attached hydrogens (tertiary/aromatic N) is 2. The number of hydrogen-bond acceptors (Lipinski definition) is 2. The van der Waals surface area contributed by atoms with E-state index in [0.717, 1.165) is 12.8 Å². The number of carbonyl (C=O) groups is 2. The second-order valence-electron chi connectivity index (χ2n) is 3.31. The zero-order valence-corrected chi connectivity index (χ0v) is 13.8. The van der Waals surface area contributed by atoms with Crippen LogP contribution in [0.1, 0.15) is 53.4 Å². The normalized spacial score (nSPS) is 8.11. The van der Waals surface area contributed by atoms with E-state index in [4.69, 9.17) is 0 Å². The molecule has 0 N–H and O–H groups in total. The summed E-state index contributed by atoms with van der Waals surface area (Å²) in [5.74, 6) is 0.0741. The molecule has 2 amide bonds. The van der Waals surface area contributed by atoms with E-state index in [2.05, 4.69) is 10.6 Å². The standard InChI is InChI=1S/2C6H13NO.2FH.Ti/c2*1-3-5-6(8)7-4-2;;;/h2*3-5H2,1-2H3,(H,7,8);2*1H;/q;;;;+2/p-4. The molecule has 0 aliphatic carbocycles. The van der Waals surface area contributed by atoms with Crippen LogP contribution in [0.3, 0.4) is 0 Å². The zero-order valence-electron chi connectivity index (χ0n) is 12.2. The Morgan fingerprint density at radius 3 is 1.26 bits per heavy atom. The van der Waals surface area contributed by atoms with Gasteiger partial charge in [-0.3, -0.25) is 0 Å². The van der Waals surface area contributed by atoms with Crippen molar-refractivity contribution in [1.29, 1.82) is 0 Å². The molecule has 0 saturated heterocycles. The van der Waals surface area contributed by atoms with Crippen molar-refractivity contribution in [3.63, 3.8) is 0 Å². The predicted molar refractivity (Wildman–Crippen MR) is 69.8 cm³/mol. The molecule has 0 bridgehead atoms. The van der Waals surface area contributed by atoms with E-state index in [9.17, 15) is 15.8 Å². The van der Waals surface area contributed by atoms with Gasteiger partial charge in [-0.1, -0.05) is 40.5 Å². The molecule has 0 aromatic heterocycles. The summed E-state index contributed by atoms with van der Waals surface area (Å²) < 4.78 is 19.5. The molecule has 4 nitrogen and oxygen atoms in total. The van der Waals surface area contributed by atoms with Crippen LogP contribution in [0.5, 0.6) is 0 Å². The number of rotatable bonds is 6. The van der Waals surface area contributed by atoms with Crippen molar-refractivity contribution in [2.45, 2.75) is 53.4 Å². The first-order valence-corrected chi connectivity index (χ1v) is 7.58. The van der Waals surface area contributed by atoms with Crippen molar-refractivity contribution >= 4 is 11.8 Å². The Bertz CT molecular complexity index is 172. The first-order valence-electron chi connectivity index (χ1n) is 6.40. The Hall–Kier alpha value is -0.486. The predicted octanol–water partition coefficient (Wildman–Crippen LogP) is 4.25. The second-order valence-corrected chi connectivity index (χ2v) is 3.53. The van der Waals surface area contributed by atoms with Gasteiger partial charge in [0.15, 0.2) is 0 Å². The molecule has 0 aromatic rings. The molecule has 7 heteroatoms. The van der Waals surface area contributed by atoms with Crippen LogP contribution in [0.25, 0.3) is 10.6 Å². The van der Waals surface area contributed by atoms with E-state index in [1.54, 1.807) is 0 Å². The number of halogens is 2. The summed E-state index contributed by atoms with van der Waals surface area (Å²) in [4.78, 5) is 21.0. The van der Waals surface area contributed by atoms with Crippen molar-refractivity contribution < 1.29 is 36.0 Å². The summed E-state index contributed by atoms with van der Waals surface area (Å²) >= 11 is -2.50. The van der Waals surface area contributed by atoms with E-state index in [1.807, 2.05) is 27.7 Å². The van der Waals surface area contributed by atoms with Crippen LogP contribution in [0.15, 0.2) is 0 Å². The fourth-order valence-corrected chi connectivity index (χ4v) is 0.939. The topological polar surface area (TPSA) is 62.3 Å². The molecular weight excluding hydrogens is 290 g/mol. The zero-order chi connectivity index (χ0) is 15.5. The minimum absolute atomic E-state index is 0.0370. The molecule has 0 aromatic carbocycles. The maximum absolute atomic E-state index is 10.5. The first-order chi connectivity index (χ1) is 9.03. The molecule has 0 aliphatic heterocycles. The Balaban J connectivity index is -0.000000224. The monoisotopic (exact) mass is 314 g/mol. The van der Waals surface area contributed by atoms with Gasteiger partial charge in [0, 0.05) is 0 Å². The third-order valence-electron chi connectivity index (χ3n) is 1.60. The van der Waals surface area contributed by atoms with E-state index in [0.29, 0.717) is 25.9 Å². The van der Waals surface area contributed by atoms with Gasteiger partial charge in [-0.15, -0.1) is 13.1 Å². The molecule has 0 radical (unpaired) electrons. The Kier molecular flexibility index (Phi) is 28.2. The summed E-state index contributed by atoms with van der Waals surface area (Å²) in [6.45, 7) is 8.94. The van der Waals surface area contributed by atoms with Crippen LogP contribution in [0.2, 0.25) is 0 Å². The van der Waals surface area contributed by atoms with Crippen molar-refractivity contribution in [1.82, 2.24) is 0 Å². The Morgan fingerprint density at radius 1 is 0.842 bits per heavy atom. The number of hydrogen-bond donors (Lipinski definition) is 0. The van der Waals surface area contributed by atoms with Crippen LogP contribution in [-0.2, 0) is 29.8 Å². The van der Waals surface area contributed by atoms with Crippen molar-refractivity contribution in [3.8, 4) is 0 Å². The van der Waals surface area contributed by atoms with Crippen LogP contribution < -0.4 is 0 Å². The van der Waals surface area contributed by atoms with Gasteiger partial charge in [-0.25, -0.2) is 0 Å². The molecule has 0 atom stereocenters. The van der Waals surface area contributed by atoms with Crippen LogP contribution >= 0.6 is 0 Å². The van der Waals surface area contributed by atoms with E-state index in [-0.39, 0.29) is 11.8 Å². The molecule has 0 fully saturated rings. The quantitative estimate of drug-likeness (QED) is 0.688. The third kappa shape index (κ3) is 31.8. The number of carbonyl (C=O) groups excluding carboxylic acids is 2. The summed E-state index contributed by atoms with van der Waals surface area (Å²) in [5.41, 5.74) is 0. The van der Waals surface area contributed by atoms with Crippen LogP contribution in [0, 0.1) is 0 Å². The van der Waals surface area contributed by atoms with Gasteiger partial charge in [0.05, 0.1) is 11.8 Å².